The Hall–Kier alpha value is -2.19. The number of rotatable bonds is 2. The molecule has 0 fully saturated rings. The summed E-state index contributed by atoms with van der Waals surface area (Å²) in [7, 11) is 0. The summed E-state index contributed by atoms with van der Waals surface area (Å²) < 4.78 is 0. The first-order valence-electron chi connectivity index (χ1n) is 4.93. The highest BCUT2D eigenvalue weighted by atomic mass is 15.5. The van der Waals surface area contributed by atoms with Crippen LogP contribution < -0.4 is 5.73 Å². The highest BCUT2D eigenvalue weighted by Gasteiger charge is 2.00. The number of hydrogen-bond donors (Lipinski definition) is 2. The number of tetrazole rings is 1. The van der Waals surface area contributed by atoms with Crippen molar-refractivity contribution in [1.82, 2.24) is 20.6 Å². The maximum absolute atomic E-state index is 5.35. The van der Waals surface area contributed by atoms with Crippen LogP contribution >= 0.6 is 0 Å². The van der Waals surface area contributed by atoms with E-state index >= 15 is 0 Å². The molecule has 0 amide bonds. The van der Waals surface area contributed by atoms with Gasteiger partial charge in [0, 0.05) is 24.1 Å². The topological polar surface area (TPSA) is 80.5 Å². The molecule has 0 aliphatic rings. The molecule has 0 bridgehead atoms. The molecule has 1 aromatic heterocycles. The monoisotopic (exact) mass is 213 g/mol. The molecular weight excluding hydrogens is 202 g/mol. The van der Waals surface area contributed by atoms with Gasteiger partial charge in [-0.3, -0.25) is 0 Å². The third kappa shape index (κ3) is 2.43. The molecule has 0 aliphatic carbocycles. The normalized spacial score (nSPS) is 9.56. The molecule has 0 atom stereocenters. The Kier molecular flexibility index (Phi) is 3.26. The van der Waals surface area contributed by atoms with E-state index in [1.807, 2.05) is 24.3 Å². The molecule has 16 heavy (non-hydrogen) atoms. The second kappa shape index (κ2) is 5.05. The lowest BCUT2D eigenvalue weighted by molar-refractivity contribution is 0.881. The van der Waals surface area contributed by atoms with Gasteiger partial charge in [0.25, 0.3) is 0 Å². The van der Waals surface area contributed by atoms with Crippen molar-refractivity contribution in [1.29, 1.82) is 0 Å². The van der Waals surface area contributed by atoms with Crippen LogP contribution in [0.4, 0.5) is 0 Å². The summed E-state index contributed by atoms with van der Waals surface area (Å²) in [6, 6.07) is 7.68. The third-order valence-corrected chi connectivity index (χ3v) is 1.99. The van der Waals surface area contributed by atoms with Crippen molar-refractivity contribution in [3.05, 3.63) is 29.8 Å². The summed E-state index contributed by atoms with van der Waals surface area (Å²) in [4.78, 5) is 0. The van der Waals surface area contributed by atoms with Crippen LogP contribution in [-0.4, -0.2) is 27.2 Å². The van der Waals surface area contributed by atoms with Gasteiger partial charge in [0.05, 0.1) is 0 Å². The molecule has 5 nitrogen and oxygen atoms in total. The predicted molar refractivity (Wildman–Crippen MR) is 60.2 cm³/mol. The fourth-order valence-electron chi connectivity index (χ4n) is 1.22. The van der Waals surface area contributed by atoms with Crippen LogP contribution in [0.5, 0.6) is 0 Å². The highest BCUT2D eigenvalue weighted by molar-refractivity contribution is 5.55. The van der Waals surface area contributed by atoms with Crippen molar-refractivity contribution in [3.8, 4) is 23.2 Å². The molecule has 1 aromatic carbocycles. The summed E-state index contributed by atoms with van der Waals surface area (Å²) in [6.45, 7) is 0.591. The average molecular weight is 213 g/mol. The lowest BCUT2D eigenvalue weighted by Crippen LogP contribution is -1.95. The van der Waals surface area contributed by atoms with Gasteiger partial charge in [-0.1, -0.05) is 11.8 Å². The van der Waals surface area contributed by atoms with E-state index < -0.39 is 0 Å². The molecule has 0 unspecified atom stereocenters. The summed E-state index contributed by atoms with van der Waals surface area (Å²) >= 11 is 0. The van der Waals surface area contributed by atoms with Crippen molar-refractivity contribution in [2.24, 2.45) is 5.73 Å². The van der Waals surface area contributed by atoms with Gasteiger partial charge in [-0.2, -0.15) is 5.21 Å². The Morgan fingerprint density at radius 2 is 2.06 bits per heavy atom. The van der Waals surface area contributed by atoms with E-state index in [4.69, 9.17) is 5.73 Å². The molecule has 80 valence electrons. The van der Waals surface area contributed by atoms with E-state index in [1.165, 1.54) is 0 Å². The predicted octanol–water partition coefficient (Wildman–Crippen LogP) is 0.567. The molecule has 0 radical (unpaired) electrons. The summed E-state index contributed by atoms with van der Waals surface area (Å²) in [5, 5.41) is 13.7. The van der Waals surface area contributed by atoms with Gasteiger partial charge < -0.3 is 5.73 Å². The minimum absolute atomic E-state index is 0.585. The van der Waals surface area contributed by atoms with Gasteiger partial charge in [0.1, 0.15) is 0 Å². The lowest BCUT2D eigenvalue weighted by Gasteiger charge is -1.94. The smallest absolute Gasteiger partial charge is 0.204 e. The standard InChI is InChI=1S/C11H11N5/c12-8-2-1-3-9-4-6-10(7-5-9)11-13-15-16-14-11/h4-7H,2,8,12H2,(H,13,14,15,16). The fourth-order valence-corrected chi connectivity index (χ4v) is 1.22. The van der Waals surface area contributed by atoms with Gasteiger partial charge in [0.15, 0.2) is 0 Å². The van der Waals surface area contributed by atoms with Gasteiger partial charge in [0.2, 0.25) is 5.82 Å². The van der Waals surface area contributed by atoms with Crippen LogP contribution in [0, 0.1) is 11.8 Å². The van der Waals surface area contributed by atoms with Crippen LogP contribution in [0.2, 0.25) is 0 Å². The van der Waals surface area contributed by atoms with Crippen LogP contribution in [0.3, 0.4) is 0 Å². The molecular formula is C11H11N5. The zero-order chi connectivity index (χ0) is 11.2. The van der Waals surface area contributed by atoms with Crippen LogP contribution in [0.15, 0.2) is 24.3 Å². The molecule has 3 N–H and O–H groups in total. The van der Waals surface area contributed by atoms with Crippen molar-refractivity contribution < 1.29 is 0 Å². The van der Waals surface area contributed by atoms with Gasteiger partial charge in [-0.25, -0.2) is 0 Å². The van der Waals surface area contributed by atoms with Gasteiger partial charge in [-0.15, -0.1) is 10.2 Å². The van der Waals surface area contributed by atoms with Crippen LogP contribution in [0.25, 0.3) is 11.4 Å². The molecule has 0 saturated heterocycles. The van der Waals surface area contributed by atoms with Crippen molar-refractivity contribution in [3.63, 3.8) is 0 Å². The van der Waals surface area contributed by atoms with Crippen molar-refractivity contribution >= 4 is 0 Å². The number of benzene rings is 1. The summed E-state index contributed by atoms with van der Waals surface area (Å²) in [6.07, 6.45) is 0.715. The molecule has 0 aliphatic heterocycles. The first kappa shape index (κ1) is 10.3. The fraction of sp³-hybridized carbons (Fsp3) is 0.182. The summed E-state index contributed by atoms with van der Waals surface area (Å²) in [5.41, 5.74) is 7.23. The first-order valence-corrected chi connectivity index (χ1v) is 4.93. The Morgan fingerprint density at radius 1 is 1.25 bits per heavy atom. The van der Waals surface area contributed by atoms with E-state index in [1.54, 1.807) is 0 Å². The van der Waals surface area contributed by atoms with E-state index in [2.05, 4.69) is 32.5 Å². The molecule has 0 spiro atoms. The Morgan fingerprint density at radius 3 is 2.69 bits per heavy atom. The molecule has 1 heterocycles. The molecule has 5 heteroatoms. The Bertz CT molecular complexity index is 489. The number of nitrogens with zero attached hydrogens (tertiary/aromatic N) is 3. The van der Waals surface area contributed by atoms with E-state index in [-0.39, 0.29) is 0 Å². The SMILES string of the molecule is NCCC#Cc1ccc(-c2nn[nH]n2)cc1. The minimum atomic E-state index is 0.585. The molecule has 0 saturated carbocycles. The number of aromatic amines is 1. The lowest BCUT2D eigenvalue weighted by atomic mass is 10.1. The van der Waals surface area contributed by atoms with E-state index in [0.29, 0.717) is 18.8 Å². The van der Waals surface area contributed by atoms with Crippen LogP contribution in [0.1, 0.15) is 12.0 Å². The number of hydrogen-bond acceptors (Lipinski definition) is 4. The quantitative estimate of drug-likeness (QED) is 0.714. The third-order valence-electron chi connectivity index (χ3n) is 1.99. The Labute approximate surface area is 93.1 Å². The van der Waals surface area contributed by atoms with Crippen LogP contribution in [-0.2, 0) is 0 Å². The zero-order valence-electron chi connectivity index (χ0n) is 8.64. The van der Waals surface area contributed by atoms with Crippen molar-refractivity contribution in [2.75, 3.05) is 6.54 Å². The summed E-state index contributed by atoms with van der Waals surface area (Å²) in [5.74, 6) is 6.59. The number of aromatic nitrogens is 4. The average Bonchev–Trinajstić information content (AvgIpc) is 2.84. The Balaban J connectivity index is 2.15. The molecule has 2 aromatic rings. The largest absolute Gasteiger partial charge is 0.330 e. The molecule has 2 rings (SSSR count). The number of nitrogens with two attached hydrogens (primary N) is 1. The minimum Gasteiger partial charge on any atom is -0.330 e. The maximum Gasteiger partial charge on any atom is 0.204 e. The van der Waals surface area contributed by atoms with E-state index in [9.17, 15) is 0 Å². The zero-order valence-corrected chi connectivity index (χ0v) is 8.64. The number of nitrogens with one attached hydrogen (secondary N) is 1. The number of H-pyrrole nitrogens is 1. The second-order valence-electron chi connectivity index (χ2n) is 3.15. The second-order valence-corrected chi connectivity index (χ2v) is 3.15. The van der Waals surface area contributed by atoms with Crippen molar-refractivity contribution in [2.45, 2.75) is 6.42 Å². The van der Waals surface area contributed by atoms with E-state index in [0.717, 1.165) is 11.1 Å². The van der Waals surface area contributed by atoms with Gasteiger partial charge in [-0.05, 0) is 29.5 Å². The maximum atomic E-state index is 5.35. The highest BCUT2D eigenvalue weighted by Crippen LogP contribution is 2.13. The van der Waals surface area contributed by atoms with Gasteiger partial charge >= 0.3 is 0 Å². The first-order chi connectivity index (χ1) is 7.90.